The number of hydrogen-bond acceptors (Lipinski definition) is 2. The van der Waals surface area contributed by atoms with Crippen molar-refractivity contribution in [1.82, 2.24) is 0 Å². The summed E-state index contributed by atoms with van der Waals surface area (Å²) in [4.78, 5) is 10.6. The van der Waals surface area contributed by atoms with Crippen molar-refractivity contribution in [1.29, 1.82) is 0 Å². The third-order valence-corrected chi connectivity index (χ3v) is 3.75. The SMILES string of the molecule is CCC[N+](CCC)(CCC)CCC[P+](=O)[O-]. The molecule has 0 aliphatic heterocycles. The standard InChI is InChI=1S/C12H27NO2P/c1-4-8-13(9-5-2,10-6-3)11-7-12-16(14)15/h4-12H2,1-3H3/q+1. The summed E-state index contributed by atoms with van der Waals surface area (Å²) in [5, 5.41) is 0. The van der Waals surface area contributed by atoms with Crippen LogP contribution in [-0.2, 0) is 4.57 Å². The first-order chi connectivity index (χ1) is 7.60. The first kappa shape index (κ1) is 16.0. The highest BCUT2D eigenvalue weighted by molar-refractivity contribution is 7.36. The third-order valence-electron chi connectivity index (χ3n) is 3.07. The minimum Gasteiger partial charge on any atom is -0.596 e. The molecule has 0 rings (SSSR count). The van der Waals surface area contributed by atoms with E-state index < -0.39 is 8.03 Å². The van der Waals surface area contributed by atoms with Crippen LogP contribution in [0.5, 0.6) is 0 Å². The molecule has 1 atom stereocenters. The first-order valence-corrected chi connectivity index (χ1v) is 7.93. The van der Waals surface area contributed by atoms with Gasteiger partial charge in [0.1, 0.15) is 6.16 Å². The van der Waals surface area contributed by atoms with Gasteiger partial charge in [-0.2, -0.15) is 0 Å². The molecule has 0 saturated carbocycles. The van der Waals surface area contributed by atoms with Crippen LogP contribution >= 0.6 is 8.03 Å². The monoisotopic (exact) mass is 248 g/mol. The number of hydrogen-bond donors (Lipinski definition) is 0. The van der Waals surface area contributed by atoms with E-state index in [0.717, 1.165) is 17.4 Å². The Kier molecular flexibility index (Phi) is 9.10. The maximum atomic E-state index is 10.6. The van der Waals surface area contributed by atoms with Gasteiger partial charge >= 0.3 is 8.03 Å². The van der Waals surface area contributed by atoms with E-state index in [1.54, 1.807) is 0 Å². The van der Waals surface area contributed by atoms with Crippen LogP contribution in [0.1, 0.15) is 46.5 Å². The highest BCUT2D eigenvalue weighted by atomic mass is 31.1. The van der Waals surface area contributed by atoms with Gasteiger partial charge in [-0.15, -0.1) is 0 Å². The zero-order valence-electron chi connectivity index (χ0n) is 11.1. The molecule has 1 unspecified atom stereocenters. The summed E-state index contributed by atoms with van der Waals surface area (Å²) in [7, 11) is -2.19. The van der Waals surface area contributed by atoms with Gasteiger partial charge < -0.3 is 9.38 Å². The summed E-state index contributed by atoms with van der Waals surface area (Å²) in [6.07, 6.45) is 4.72. The molecular weight excluding hydrogens is 221 g/mol. The van der Waals surface area contributed by atoms with E-state index >= 15 is 0 Å². The van der Waals surface area contributed by atoms with Crippen molar-refractivity contribution in [2.45, 2.75) is 46.5 Å². The van der Waals surface area contributed by atoms with Crippen molar-refractivity contribution < 1.29 is 13.9 Å². The highest BCUT2D eigenvalue weighted by Gasteiger charge is 2.24. The highest BCUT2D eigenvalue weighted by Crippen LogP contribution is 2.16. The molecule has 0 fully saturated rings. The zero-order valence-corrected chi connectivity index (χ0v) is 12.0. The van der Waals surface area contributed by atoms with Crippen molar-refractivity contribution in [2.24, 2.45) is 0 Å². The number of nitrogens with zero attached hydrogens (tertiary/aromatic N) is 1. The molecule has 16 heavy (non-hydrogen) atoms. The number of rotatable bonds is 10. The second kappa shape index (κ2) is 9.09. The second-order valence-electron chi connectivity index (χ2n) is 4.65. The summed E-state index contributed by atoms with van der Waals surface area (Å²) < 4.78 is 11.7. The molecule has 0 spiro atoms. The minimum absolute atomic E-state index is 0.354. The van der Waals surface area contributed by atoms with E-state index in [2.05, 4.69) is 20.8 Å². The van der Waals surface area contributed by atoms with Gasteiger partial charge in [-0.05, 0) is 19.3 Å². The Balaban J connectivity index is 4.28. The Labute approximate surface area is 101 Å². The van der Waals surface area contributed by atoms with Crippen LogP contribution in [-0.4, -0.2) is 36.8 Å². The quantitative estimate of drug-likeness (QED) is 0.440. The van der Waals surface area contributed by atoms with Gasteiger partial charge in [-0.1, -0.05) is 25.3 Å². The summed E-state index contributed by atoms with van der Waals surface area (Å²) >= 11 is 0. The predicted octanol–water partition coefficient (Wildman–Crippen LogP) is 2.53. The molecular formula is C12H27NO2P+. The average Bonchev–Trinajstić information content (AvgIpc) is 2.18. The molecule has 0 saturated heterocycles. The summed E-state index contributed by atoms with van der Waals surface area (Å²) in [5.41, 5.74) is 0. The Bertz CT molecular complexity index is 180. The summed E-state index contributed by atoms with van der Waals surface area (Å²) in [5.74, 6) is 0. The van der Waals surface area contributed by atoms with E-state index in [9.17, 15) is 9.46 Å². The molecule has 0 aliphatic carbocycles. The predicted molar refractivity (Wildman–Crippen MR) is 67.7 cm³/mol. The van der Waals surface area contributed by atoms with E-state index in [0.29, 0.717) is 6.16 Å². The topological polar surface area (TPSA) is 40.1 Å². The van der Waals surface area contributed by atoms with Gasteiger partial charge in [-0.25, -0.2) is 0 Å². The minimum atomic E-state index is -2.19. The average molecular weight is 248 g/mol. The first-order valence-electron chi connectivity index (χ1n) is 6.57. The van der Waals surface area contributed by atoms with Crippen LogP contribution in [0.25, 0.3) is 0 Å². The molecule has 0 aliphatic rings. The van der Waals surface area contributed by atoms with Crippen molar-refractivity contribution in [3.05, 3.63) is 0 Å². The van der Waals surface area contributed by atoms with Gasteiger partial charge in [0.15, 0.2) is 0 Å². The van der Waals surface area contributed by atoms with Crippen molar-refractivity contribution in [3.63, 3.8) is 0 Å². The van der Waals surface area contributed by atoms with Crippen LogP contribution in [0.15, 0.2) is 0 Å². The molecule has 0 aromatic heterocycles. The molecule has 0 aromatic rings. The fourth-order valence-corrected chi connectivity index (χ4v) is 3.03. The van der Waals surface area contributed by atoms with Gasteiger partial charge in [0.05, 0.1) is 26.2 Å². The largest absolute Gasteiger partial charge is 0.596 e. The van der Waals surface area contributed by atoms with Crippen molar-refractivity contribution in [3.8, 4) is 0 Å². The molecule has 0 aromatic carbocycles. The van der Waals surface area contributed by atoms with Crippen molar-refractivity contribution in [2.75, 3.05) is 32.3 Å². The van der Waals surface area contributed by atoms with Gasteiger partial charge in [0, 0.05) is 6.42 Å². The van der Waals surface area contributed by atoms with Gasteiger partial charge in [-0.3, -0.25) is 0 Å². The third kappa shape index (κ3) is 6.57. The molecule has 0 heterocycles. The lowest BCUT2D eigenvalue weighted by atomic mass is 10.2. The zero-order chi connectivity index (χ0) is 12.4. The van der Waals surface area contributed by atoms with Crippen molar-refractivity contribution >= 4 is 8.03 Å². The van der Waals surface area contributed by atoms with Gasteiger partial charge in [0.25, 0.3) is 0 Å². The van der Waals surface area contributed by atoms with Crippen LogP contribution < -0.4 is 4.89 Å². The maximum absolute atomic E-state index is 10.6. The lowest BCUT2D eigenvalue weighted by Crippen LogP contribution is -2.50. The summed E-state index contributed by atoms with van der Waals surface area (Å²) in [6.45, 7) is 11.2. The second-order valence-corrected chi connectivity index (χ2v) is 5.76. The lowest BCUT2D eigenvalue weighted by Gasteiger charge is -2.38. The molecule has 0 radical (unpaired) electrons. The lowest BCUT2D eigenvalue weighted by molar-refractivity contribution is -0.928. The van der Waals surface area contributed by atoms with E-state index in [-0.39, 0.29) is 0 Å². The summed E-state index contributed by atoms with van der Waals surface area (Å²) in [6, 6.07) is 0. The smallest absolute Gasteiger partial charge is 0.308 e. The maximum Gasteiger partial charge on any atom is 0.308 e. The molecule has 4 heteroatoms. The Hall–Kier alpha value is 0.0200. The van der Waals surface area contributed by atoms with Crippen LogP contribution in [0.4, 0.5) is 0 Å². The van der Waals surface area contributed by atoms with Crippen LogP contribution in [0.2, 0.25) is 0 Å². The van der Waals surface area contributed by atoms with E-state index in [4.69, 9.17) is 0 Å². The molecule has 3 nitrogen and oxygen atoms in total. The Morgan fingerprint density at radius 3 is 1.69 bits per heavy atom. The molecule has 0 bridgehead atoms. The molecule has 96 valence electrons. The normalized spacial score (nSPS) is 12.9. The van der Waals surface area contributed by atoms with E-state index in [1.165, 1.54) is 38.9 Å². The molecule has 0 amide bonds. The fraction of sp³-hybridized carbons (Fsp3) is 1.00. The van der Waals surface area contributed by atoms with Gasteiger partial charge in [0.2, 0.25) is 0 Å². The fourth-order valence-electron chi connectivity index (χ4n) is 2.63. The van der Waals surface area contributed by atoms with Crippen LogP contribution in [0, 0.1) is 0 Å². The molecule has 0 N–H and O–H groups in total. The van der Waals surface area contributed by atoms with E-state index in [1.807, 2.05) is 0 Å². The Morgan fingerprint density at radius 2 is 1.38 bits per heavy atom. The van der Waals surface area contributed by atoms with Crippen LogP contribution in [0.3, 0.4) is 0 Å². The Morgan fingerprint density at radius 1 is 0.938 bits per heavy atom. The number of quaternary nitrogens is 1.